The highest BCUT2D eigenvalue weighted by Gasteiger charge is 2.47. The van der Waals surface area contributed by atoms with Gasteiger partial charge in [-0.3, -0.25) is 0 Å². The second-order valence-electron chi connectivity index (χ2n) is 18.0. The molecule has 2 heterocycles. The SMILES string of the molecule is CC1C=C(C2(c3ccccc3)c3ccccc3-c3ccc(N(c4ccc(-c5ccc6c(c5)c5ccccc5n6C5=CCC=CC=C5)cc4)c4ccc5c(c4)oc4ccccc45)cc32)C=CC1. The Kier molecular flexibility index (Phi) is 8.86. The Morgan fingerprint density at radius 2 is 1.24 bits per heavy atom. The van der Waals surface area contributed by atoms with Crippen molar-refractivity contribution < 1.29 is 4.42 Å². The molecular formula is C63H46N2O. The second-order valence-corrected chi connectivity index (χ2v) is 18.0. The molecule has 2 atom stereocenters. The summed E-state index contributed by atoms with van der Waals surface area (Å²) in [4.78, 5) is 2.41. The van der Waals surface area contributed by atoms with Gasteiger partial charge in [0.25, 0.3) is 0 Å². The molecule has 0 bridgehead atoms. The van der Waals surface area contributed by atoms with Crippen LogP contribution in [0.5, 0.6) is 0 Å². The molecule has 8 aromatic carbocycles. The molecule has 0 fully saturated rings. The number of benzene rings is 8. The fraction of sp³-hybridized carbons (Fsp3) is 0.0794. The van der Waals surface area contributed by atoms with E-state index in [1.807, 2.05) is 6.07 Å². The molecule has 0 spiro atoms. The number of allylic oxidation sites excluding steroid dienone is 10. The average Bonchev–Trinajstić information content (AvgIpc) is 3.91. The van der Waals surface area contributed by atoms with E-state index in [0.29, 0.717) is 5.92 Å². The summed E-state index contributed by atoms with van der Waals surface area (Å²) in [6.07, 6.45) is 20.2. The first-order valence-corrected chi connectivity index (χ1v) is 23.2. The van der Waals surface area contributed by atoms with Crippen molar-refractivity contribution in [3.63, 3.8) is 0 Å². The van der Waals surface area contributed by atoms with E-state index in [4.69, 9.17) is 4.42 Å². The Bertz CT molecular complexity index is 3720. The number of furan rings is 1. The van der Waals surface area contributed by atoms with Crippen LogP contribution in [0, 0.1) is 5.92 Å². The number of hydrogen-bond acceptors (Lipinski definition) is 2. The van der Waals surface area contributed by atoms with Crippen LogP contribution in [0.4, 0.5) is 17.1 Å². The lowest BCUT2D eigenvalue weighted by atomic mass is 9.65. The molecule has 3 aliphatic carbocycles. The van der Waals surface area contributed by atoms with Crippen molar-refractivity contribution in [3.05, 3.63) is 253 Å². The predicted molar refractivity (Wildman–Crippen MR) is 277 cm³/mol. The molecule has 0 N–H and O–H groups in total. The van der Waals surface area contributed by atoms with Crippen LogP contribution in [0.3, 0.4) is 0 Å². The Morgan fingerprint density at radius 1 is 0.530 bits per heavy atom. The van der Waals surface area contributed by atoms with Crippen molar-refractivity contribution in [2.45, 2.75) is 25.2 Å². The molecule has 10 aromatic rings. The highest BCUT2D eigenvalue weighted by Crippen LogP contribution is 2.58. The maximum atomic E-state index is 6.55. The maximum Gasteiger partial charge on any atom is 0.137 e. The summed E-state index contributed by atoms with van der Waals surface area (Å²) in [7, 11) is 0. The molecule has 0 amide bonds. The van der Waals surface area contributed by atoms with E-state index >= 15 is 0 Å². The minimum atomic E-state index is -0.492. The van der Waals surface area contributed by atoms with Crippen LogP contribution in [-0.4, -0.2) is 4.57 Å². The largest absolute Gasteiger partial charge is 0.456 e. The molecule has 314 valence electrons. The second kappa shape index (κ2) is 15.3. The molecule has 2 unspecified atom stereocenters. The third kappa shape index (κ3) is 5.90. The summed E-state index contributed by atoms with van der Waals surface area (Å²) < 4.78 is 8.95. The van der Waals surface area contributed by atoms with Crippen LogP contribution < -0.4 is 4.90 Å². The van der Waals surface area contributed by atoms with Gasteiger partial charge in [0.2, 0.25) is 0 Å². The van der Waals surface area contributed by atoms with Crippen molar-refractivity contribution in [2.24, 2.45) is 5.92 Å². The zero-order valence-electron chi connectivity index (χ0n) is 36.7. The first-order chi connectivity index (χ1) is 32.6. The number of aromatic nitrogens is 1. The quantitative estimate of drug-likeness (QED) is 0.159. The van der Waals surface area contributed by atoms with E-state index in [0.717, 1.165) is 51.8 Å². The van der Waals surface area contributed by atoms with Gasteiger partial charge in [0, 0.05) is 50.4 Å². The van der Waals surface area contributed by atoms with Crippen LogP contribution in [0.25, 0.3) is 71.7 Å². The molecular weight excluding hydrogens is 801 g/mol. The van der Waals surface area contributed by atoms with Crippen molar-refractivity contribution in [3.8, 4) is 22.3 Å². The first-order valence-electron chi connectivity index (χ1n) is 23.2. The average molecular weight is 847 g/mol. The van der Waals surface area contributed by atoms with Crippen LogP contribution in [0.2, 0.25) is 0 Å². The lowest BCUT2D eigenvalue weighted by Gasteiger charge is -2.37. The van der Waals surface area contributed by atoms with Crippen LogP contribution in [-0.2, 0) is 5.41 Å². The fourth-order valence-corrected chi connectivity index (χ4v) is 11.2. The normalized spacial score (nSPS) is 17.6. The Balaban J connectivity index is 0.984. The summed E-state index contributed by atoms with van der Waals surface area (Å²) >= 11 is 0. The number of rotatable bonds is 7. The topological polar surface area (TPSA) is 21.3 Å². The number of fused-ring (bicyclic) bond motifs is 9. The van der Waals surface area contributed by atoms with E-state index in [-0.39, 0.29) is 0 Å². The van der Waals surface area contributed by atoms with E-state index in [9.17, 15) is 0 Å². The number of anilines is 3. The van der Waals surface area contributed by atoms with Crippen LogP contribution in [0.1, 0.15) is 36.5 Å². The van der Waals surface area contributed by atoms with E-state index in [1.165, 1.54) is 72.0 Å². The van der Waals surface area contributed by atoms with Crippen molar-refractivity contribution in [1.29, 1.82) is 0 Å². The Hall–Kier alpha value is -8.14. The molecule has 0 radical (unpaired) electrons. The van der Waals surface area contributed by atoms with Gasteiger partial charge in [-0.05, 0) is 130 Å². The van der Waals surface area contributed by atoms with Gasteiger partial charge in [-0.1, -0.05) is 165 Å². The predicted octanol–water partition coefficient (Wildman–Crippen LogP) is 17.0. The van der Waals surface area contributed by atoms with E-state index in [1.54, 1.807) is 0 Å². The third-order valence-electron chi connectivity index (χ3n) is 14.2. The Morgan fingerprint density at radius 3 is 2.14 bits per heavy atom. The maximum absolute atomic E-state index is 6.55. The fourth-order valence-electron chi connectivity index (χ4n) is 11.2. The molecule has 3 heteroatoms. The third-order valence-corrected chi connectivity index (χ3v) is 14.2. The van der Waals surface area contributed by atoms with Gasteiger partial charge in [0.15, 0.2) is 0 Å². The van der Waals surface area contributed by atoms with Gasteiger partial charge >= 0.3 is 0 Å². The molecule has 13 rings (SSSR count). The summed E-state index contributed by atoms with van der Waals surface area (Å²) in [5, 5.41) is 4.74. The molecule has 3 nitrogen and oxygen atoms in total. The van der Waals surface area contributed by atoms with Gasteiger partial charge in [0.1, 0.15) is 11.2 Å². The lowest BCUT2D eigenvalue weighted by molar-refractivity contribution is 0.669. The van der Waals surface area contributed by atoms with E-state index in [2.05, 4.69) is 241 Å². The van der Waals surface area contributed by atoms with Crippen molar-refractivity contribution >= 4 is 66.5 Å². The van der Waals surface area contributed by atoms with Crippen molar-refractivity contribution in [2.75, 3.05) is 4.90 Å². The van der Waals surface area contributed by atoms with Gasteiger partial charge in [0.05, 0.1) is 16.4 Å². The standard InChI is InChI=1S/C63H46N2O/c1-42-16-15-19-46(38-42)63(45-17-5-4-6-18-45)57-25-12-9-22-51(57)52-35-33-49(40-58(52)63)64(50-34-36-55-54-24-11-14-27-61(54)66-62(55)41-50)48-31-28-43(29-32-48)44-30-37-60-56(39-44)53-23-10-13-26-59(53)65(60)47-20-7-2-3-8-21-47/h2-7,9-15,17-42H,8,16H2,1H3. The molecule has 66 heavy (non-hydrogen) atoms. The summed E-state index contributed by atoms with van der Waals surface area (Å²) in [6, 6.07) is 67.1. The van der Waals surface area contributed by atoms with Crippen molar-refractivity contribution in [1.82, 2.24) is 4.57 Å². The zero-order valence-corrected chi connectivity index (χ0v) is 36.7. The molecule has 0 saturated heterocycles. The van der Waals surface area contributed by atoms with E-state index < -0.39 is 5.41 Å². The highest BCUT2D eigenvalue weighted by molar-refractivity contribution is 6.12. The zero-order chi connectivity index (χ0) is 43.8. The highest BCUT2D eigenvalue weighted by atomic mass is 16.3. The lowest BCUT2D eigenvalue weighted by Crippen LogP contribution is -2.30. The van der Waals surface area contributed by atoms with Gasteiger partial charge in [-0.2, -0.15) is 0 Å². The van der Waals surface area contributed by atoms with Gasteiger partial charge in [-0.25, -0.2) is 0 Å². The monoisotopic (exact) mass is 846 g/mol. The summed E-state index contributed by atoms with van der Waals surface area (Å²) in [5.74, 6) is 0.434. The number of para-hydroxylation sites is 2. The van der Waals surface area contributed by atoms with Gasteiger partial charge < -0.3 is 13.9 Å². The van der Waals surface area contributed by atoms with Gasteiger partial charge in [-0.15, -0.1) is 0 Å². The molecule has 0 saturated carbocycles. The summed E-state index contributed by atoms with van der Waals surface area (Å²) in [5.41, 5.74) is 18.2. The number of hydrogen-bond donors (Lipinski definition) is 0. The number of nitrogens with zero attached hydrogens (tertiary/aromatic N) is 2. The Labute approximate surface area is 384 Å². The molecule has 3 aliphatic rings. The molecule has 0 aliphatic heterocycles. The van der Waals surface area contributed by atoms with Crippen LogP contribution >= 0.6 is 0 Å². The molecule has 2 aromatic heterocycles. The minimum Gasteiger partial charge on any atom is -0.456 e. The smallest absolute Gasteiger partial charge is 0.137 e. The van der Waals surface area contributed by atoms with Crippen LogP contribution in [0.15, 0.2) is 241 Å². The first kappa shape index (κ1) is 38.3. The summed E-state index contributed by atoms with van der Waals surface area (Å²) in [6.45, 7) is 2.34. The minimum absolute atomic E-state index is 0.434.